The minimum absolute atomic E-state index is 0.216. The molecule has 2 unspecified atom stereocenters. The molecule has 1 aromatic rings. The van der Waals surface area contributed by atoms with E-state index in [0.29, 0.717) is 24.2 Å². The quantitative estimate of drug-likeness (QED) is 0.698. The third kappa shape index (κ3) is 3.15. The molecule has 2 rings (SSSR count). The van der Waals surface area contributed by atoms with Crippen molar-refractivity contribution in [1.29, 1.82) is 0 Å². The van der Waals surface area contributed by atoms with Gasteiger partial charge in [-0.1, -0.05) is 6.07 Å². The van der Waals surface area contributed by atoms with Gasteiger partial charge in [0.25, 0.3) is 0 Å². The Hall–Kier alpha value is -1.92. The van der Waals surface area contributed by atoms with Crippen molar-refractivity contribution >= 4 is 17.6 Å². The fraction of sp³-hybridized carbons (Fsp3) is 0.429. The summed E-state index contributed by atoms with van der Waals surface area (Å²) in [7, 11) is 1.31. The average molecular weight is 278 g/mol. The van der Waals surface area contributed by atoms with Gasteiger partial charge in [-0.15, -0.1) is 0 Å². The van der Waals surface area contributed by atoms with Crippen LogP contribution in [0.25, 0.3) is 0 Å². The molecule has 3 N–H and O–H groups in total. The van der Waals surface area contributed by atoms with Crippen molar-refractivity contribution in [3.8, 4) is 0 Å². The van der Waals surface area contributed by atoms with Gasteiger partial charge in [-0.25, -0.2) is 4.79 Å². The normalized spacial score (nSPS) is 21.6. The standard InChI is InChI=1S/C14H18N2O4/c1-8-3-4-9(14(19)20-2)5-11(8)16-13(18)12-6-10(17)7-15-12/h3-5,10,12,15,17H,6-7H2,1-2H3,(H,16,18). The number of hydrogen-bond acceptors (Lipinski definition) is 5. The smallest absolute Gasteiger partial charge is 0.337 e. The largest absolute Gasteiger partial charge is 0.465 e. The zero-order chi connectivity index (χ0) is 14.7. The zero-order valence-electron chi connectivity index (χ0n) is 11.5. The molecule has 108 valence electrons. The van der Waals surface area contributed by atoms with E-state index in [1.807, 2.05) is 6.92 Å². The van der Waals surface area contributed by atoms with E-state index in [9.17, 15) is 14.7 Å². The van der Waals surface area contributed by atoms with Crippen molar-refractivity contribution in [2.75, 3.05) is 19.0 Å². The van der Waals surface area contributed by atoms with Crippen LogP contribution in [0.3, 0.4) is 0 Å². The van der Waals surface area contributed by atoms with Crippen LogP contribution in [0.5, 0.6) is 0 Å². The topological polar surface area (TPSA) is 87.7 Å². The molecular formula is C14H18N2O4. The number of methoxy groups -OCH3 is 1. The maximum absolute atomic E-state index is 12.1. The number of nitrogens with one attached hydrogen (secondary N) is 2. The summed E-state index contributed by atoms with van der Waals surface area (Å²) in [5, 5.41) is 15.1. The summed E-state index contributed by atoms with van der Waals surface area (Å²) >= 11 is 0. The number of amides is 1. The van der Waals surface area contributed by atoms with Crippen LogP contribution in [-0.4, -0.2) is 42.8 Å². The van der Waals surface area contributed by atoms with E-state index in [2.05, 4.69) is 15.4 Å². The van der Waals surface area contributed by atoms with Crippen molar-refractivity contribution in [2.24, 2.45) is 0 Å². The molecule has 0 aliphatic carbocycles. The molecule has 0 saturated carbocycles. The van der Waals surface area contributed by atoms with Crippen LogP contribution in [-0.2, 0) is 9.53 Å². The highest BCUT2D eigenvalue weighted by molar-refractivity contribution is 5.97. The van der Waals surface area contributed by atoms with Crippen molar-refractivity contribution in [2.45, 2.75) is 25.5 Å². The monoisotopic (exact) mass is 278 g/mol. The minimum atomic E-state index is -0.492. The van der Waals surface area contributed by atoms with Crippen LogP contribution >= 0.6 is 0 Å². The maximum Gasteiger partial charge on any atom is 0.337 e. The van der Waals surface area contributed by atoms with Crippen molar-refractivity contribution in [1.82, 2.24) is 5.32 Å². The first kappa shape index (κ1) is 14.5. The Morgan fingerprint density at radius 2 is 2.20 bits per heavy atom. The highest BCUT2D eigenvalue weighted by Crippen LogP contribution is 2.19. The number of carbonyl (C=O) groups is 2. The molecule has 6 heteroatoms. The van der Waals surface area contributed by atoms with Gasteiger partial charge in [0, 0.05) is 12.2 Å². The van der Waals surface area contributed by atoms with Crippen LogP contribution in [0, 0.1) is 6.92 Å². The fourth-order valence-corrected chi connectivity index (χ4v) is 2.14. The van der Waals surface area contributed by atoms with Crippen molar-refractivity contribution < 1.29 is 19.4 Å². The third-order valence-electron chi connectivity index (χ3n) is 3.34. The van der Waals surface area contributed by atoms with Crippen LogP contribution in [0.15, 0.2) is 18.2 Å². The average Bonchev–Trinajstić information content (AvgIpc) is 2.87. The predicted molar refractivity (Wildman–Crippen MR) is 73.6 cm³/mol. The molecule has 20 heavy (non-hydrogen) atoms. The summed E-state index contributed by atoms with van der Waals surface area (Å²) in [6.45, 7) is 2.26. The van der Waals surface area contributed by atoms with Gasteiger partial charge < -0.3 is 20.5 Å². The molecule has 1 aliphatic heterocycles. The fourth-order valence-electron chi connectivity index (χ4n) is 2.14. The summed E-state index contributed by atoms with van der Waals surface area (Å²) in [5.74, 6) is -0.665. The maximum atomic E-state index is 12.1. The predicted octanol–water partition coefficient (Wildman–Crippen LogP) is 0.443. The lowest BCUT2D eigenvalue weighted by Gasteiger charge is -2.13. The molecule has 0 radical (unpaired) electrons. The molecule has 1 saturated heterocycles. The van der Waals surface area contributed by atoms with E-state index in [0.717, 1.165) is 5.56 Å². The highest BCUT2D eigenvalue weighted by atomic mass is 16.5. The zero-order valence-corrected chi connectivity index (χ0v) is 11.5. The number of ether oxygens (including phenoxy) is 1. The lowest BCUT2D eigenvalue weighted by molar-refractivity contribution is -0.117. The van der Waals surface area contributed by atoms with Gasteiger partial charge in [0.1, 0.15) is 0 Å². The Morgan fingerprint density at radius 3 is 2.80 bits per heavy atom. The second-order valence-electron chi connectivity index (χ2n) is 4.86. The van der Waals surface area contributed by atoms with Crippen LogP contribution in [0.4, 0.5) is 5.69 Å². The molecule has 0 spiro atoms. The highest BCUT2D eigenvalue weighted by Gasteiger charge is 2.28. The van der Waals surface area contributed by atoms with Gasteiger partial charge in [-0.2, -0.15) is 0 Å². The van der Waals surface area contributed by atoms with Gasteiger partial charge in [-0.3, -0.25) is 4.79 Å². The number of aliphatic hydroxyl groups excluding tert-OH is 1. The minimum Gasteiger partial charge on any atom is -0.465 e. The van der Waals surface area contributed by atoms with Gasteiger partial charge >= 0.3 is 5.97 Å². The Labute approximate surface area is 117 Å². The lowest BCUT2D eigenvalue weighted by Crippen LogP contribution is -2.35. The molecule has 2 atom stereocenters. The molecule has 1 aromatic carbocycles. The number of rotatable bonds is 3. The number of hydrogen-bond donors (Lipinski definition) is 3. The van der Waals surface area contributed by atoms with Gasteiger partial charge in [0.2, 0.25) is 5.91 Å². The molecule has 0 aromatic heterocycles. The number of aryl methyl sites for hydroxylation is 1. The molecule has 1 heterocycles. The first-order valence-electron chi connectivity index (χ1n) is 6.42. The molecule has 0 bridgehead atoms. The second-order valence-corrected chi connectivity index (χ2v) is 4.86. The van der Waals surface area contributed by atoms with Crippen LogP contribution in [0.2, 0.25) is 0 Å². The summed E-state index contributed by atoms with van der Waals surface area (Å²) < 4.78 is 4.65. The van der Waals surface area contributed by atoms with Crippen LogP contribution < -0.4 is 10.6 Å². The van der Waals surface area contributed by atoms with E-state index in [-0.39, 0.29) is 5.91 Å². The Balaban J connectivity index is 2.12. The summed E-state index contributed by atoms with van der Waals surface area (Å²) in [5.41, 5.74) is 1.80. The van der Waals surface area contributed by atoms with Gasteiger partial charge in [0.15, 0.2) is 0 Å². The molecule has 1 aliphatic rings. The molecule has 1 amide bonds. The first-order chi connectivity index (χ1) is 9.51. The van der Waals surface area contributed by atoms with Crippen LogP contribution in [0.1, 0.15) is 22.3 Å². The lowest BCUT2D eigenvalue weighted by atomic mass is 10.1. The Morgan fingerprint density at radius 1 is 1.45 bits per heavy atom. The van der Waals surface area contributed by atoms with Crippen molar-refractivity contribution in [3.63, 3.8) is 0 Å². The van der Waals surface area contributed by atoms with E-state index in [4.69, 9.17) is 0 Å². The van der Waals surface area contributed by atoms with Gasteiger partial charge in [0.05, 0.1) is 24.8 Å². The second kappa shape index (κ2) is 6.02. The Kier molecular flexibility index (Phi) is 4.36. The number of β-amino-alcohol motifs (C(OH)–C–C–N with tert-alkyl or cyclic N) is 1. The summed E-state index contributed by atoms with van der Waals surface area (Å²) in [6, 6.07) is 4.57. The van der Waals surface area contributed by atoms with Gasteiger partial charge in [-0.05, 0) is 31.0 Å². The number of esters is 1. The Bertz CT molecular complexity index is 530. The van der Waals surface area contributed by atoms with E-state index < -0.39 is 18.1 Å². The number of carbonyl (C=O) groups excluding carboxylic acids is 2. The molecule has 6 nitrogen and oxygen atoms in total. The summed E-state index contributed by atoms with van der Waals surface area (Å²) in [6.07, 6.45) is -0.102. The first-order valence-corrected chi connectivity index (χ1v) is 6.42. The van der Waals surface area contributed by atoms with E-state index in [1.165, 1.54) is 7.11 Å². The number of benzene rings is 1. The van der Waals surface area contributed by atoms with E-state index >= 15 is 0 Å². The molecular weight excluding hydrogens is 260 g/mol. The SMILES string of the molecule is COC(=O)c1ccc(C)c(NC(=O)C2CC(O)CN2)c1. The number of anilines is 1. The number of aliphatic hydroxyl groups is 1. The van der Waals surface area contributed by atoms with Crippen molar-refractivity contribution in [3.05, 3.63) is 29.3 Å². The van der Waals surface area contributed by atoms with E-state index in [1.54, 1.807) is 18.2 Å². The molecule has 1 fully saturated rings. The summed E-state index contributed by atoms with van der Waals surface area (Å²) in [4.78, 5) is 23.5. The third-order valence-corrected chi connectivity index (χ3v) is 3.34.